The second-order valence-corrected chi connectivity index (χ2v) is 30.8. The van der Waals surface area contributed by atoms with Crippen LogP contribution in [0.2, 0.25) is 0 Å². The number of hydrogen-bond donors (Lipinski definition) is 1. The van der Waals surface area contributed by atoms with Crippen molar-refractivity contribution in [3.63, 3.8) is 0 Å². The molecule has 470 valence electrons. The molecule has 0 saturated heterocycles. The van der Waals surface area contributed by atoms with Crippen molar-refractivity contribution in [3.8, 4) is 0 Å². The number of aryl methyl sites for hydroxylation is 4. The SMILES string of the molecule is CCCCCCc1ccc(/C=C/c2cc(/C=C/c3ccc(/C=C/c4cc(/C=C/c5ccc(/C=C/c6cc(/C=C/c7ccc(CCCCCC)s7)cc(/C=C/c7ccc(CCCCCC)s7)c6)s5)cc(C(=O)O)c4)s3)cc(/C=C/c3ccc(CCCCCC)s3)c2)s1. The van der Waals surface area contributed by atoms with Crippen LogP contribution in [0.1, 0.15) is 244 Å². The van der Waals surface area contributed by atoms with Crippen LogP contribution in [0.15, 0.2) is 127 Å². The highest BCUT2D eigenvalue weighted by Crippen LogP contribution is 2.30. The molecule has 0 aliphatic heterocycles. The lowest BCUT2D eigenvalue weighted by molar-refractivity contribution is 0.0696. The monoisotopic (exact) mass is 1310 g/mol. The lowest BCUT2D eigenvalue weighted by Gasteiger charge is -2.02. The highest BCUT2D eigenvalue weighted by molar-refractivity contribution is 7.15. The Morgan fingerprint density at radius 3 is 0.670 bits per heavy atom. The molecule has 0 spiro atoms. The summed E-state index contributed by atoms with van der Waals surface area (Å²) >= 11 is 11.1. The average Bonchev–Trinajstić information content (AvgIpc) is 4.01. The maximum absolute atomic E-state index is 12.5. The molecule has 6 heterocycles. The summed E-state index contributed by atoms with van der Waals surface area (Å²) in [5, 5.41) is 10.2. The molecule has 8 heteroatoms. The van der Waals surface area contributed by atoms with Crippen molar-refractivity contribution in [2.75, 3.05) is 0 Å². The second kappa shape index (κ2) is 37.7. The van der Waals surface area contributed by atoms with E-state index in [9.17, 15) is 9.90 Å². The van der Waals surface area contributed by atoms with E-state index in [0.717, 1.165) is 67.4 Å². The van der Waals surface area contributed by atoms with Gasteiger partial charge in [0.2, 0.25) is 0 Å². The molecule has 0 unspecified atom stereocenters. The van der Waals surface area contributed by atoms with Gasteiger partial charge < -0.3 is 5.11 Å². The summed E-state index contributed by atoms with van der Waals surface area (Å²) in [5.41, 5.74) is 8.93. The average molecular weight is 1310 g/mol. The van der Waals surface area contributed by atoms with Crippen LogP contribution in [0.4, 0.5) is 0 Å². The van der Waals surface area contributed by atoms with Gasteiger partial charge in [0.15, 0.2) is 0 Å². The molecular formula is C83H90O2S6. The van der Waals surface area contributed by atoms with Gasteiger partial charge in [-0.3, -0.25) is 0 Å². The van der Waals surface area contributed by atoms with Crippen LogP contribution in [0.5, 0.6) is 0 Å². The number of carboxylic acid groups (broad SMARTS) is 1. The van der Waals surface area contributed by atoms with Gasteiger partial charge in [-0.2, -0.15) is 0 Å². The number of carbonyl (C=O) groups is 1. The van der Waals surface area contributed by atoms with Gasteiger partial charge in [-0.25, -0.2) is 4.79 Å². The van der Waals surface area contributed by atoms with Crippen LogP contribution in [-0.2, 0) is 25.7 Å². The van der Waals surface area contributed by atoms with Gasteiger partial charge in [-0.15, -0.1) is 68.0 Å². The van der Waals surface area contributed by atoms with Gasteiger partial charge in [0.1, 0.15) is 0 Å². The van der Waals surface area contributed by atoms with Gasteiger partial charge in [0.05, 0.1) is 5.56 Å². The lowest BCUT2D eigenvalue weighted by atomic mass is 10.0. The maximum Gasteiger partial charge on any atom is 0.335 e. The van der Waals surface area contributed by atoms with Crippen molar-refractivity contribution in [2.24, 2.45) is 0 Å². The summed E-state index contributed by atoms with van der Waals surface area (Å²) in [6.07, 6.45) is 60.3. The van der Waals surface area contributed by atoms with E-state index in [1.54, 1.807) is 34.8 Å². The largest absolute Gasteiger partial charge is 0.478 e. The van der Waals surface area contributed by atoms with Crippen molar-refractivity contribution < 1.29 is 9.90 Å². The van der Waals surface area contributed by atoms with E-state index in [2.05, 4.69) is 228 Å². The first kappa shape index (κ1) is 68.6. The predicted molar refractivity (Wildman–Crippen MR) is 415 cm³/mol. The predicted octanol–water partition coefficient (Wildman–Crippen LogP) is 27.6. The highest BCUT2D eigenvalue weighted by Gasteiger charge is 2.09. The highest BCUT2D eigenvalue weighted by atomic mass is 32.1. The van der Waals surface area contributed by atoms with Crippen molar-refractivity contribution in [1.82, 2.24) is 0 Å². The zero-order chi connectivity index (χ0) is 63.2. The number of carboxylic acids is 1. The number of hydrogen-bond acceptors (Lipinski definition) is 7. The fourth-order valence-electron chi connectivity index (χ4n) is 10.9. The van der Waals surface area contributed by atoms with Gasteiger partial charge in [0.25, 0.3) is 0 Å². The van der Waals surface area contributed by atoms with Crippen molar-refractivity contribution in [3.05, 3.63) is 236 Å². The van der Waals surface area contributed by atoms with Crippen LogP contribution < -0.4 is 0 Å². The van der Waals surface area contributed by atoms with Crippen LogP contribution in [0, 0.1) is 0 Å². The molecule has 0 amide bonds. The van der Waals surface area contributed by atoms with E-state index < -0.39 is 5.97 Å². The van der Waals surface area contributed by atoms with E-state index in [1.165, 1.54) is 164 Å². The first-order chi connectivity index (χ1) is 44.6. The number of unbranched alkanes of at least 4 members (excludes halogenated alkanes) is 12. The molecule has 3 aromatic carbocycles. The third kappa shape index (κ3) is 24.0. The molecule has 9 rings (SSSR count). The van der Waals surface area contributed by atoms with Gasteiger partial charge in [-0.05, 0) is 272 Å². The van der Waals surface area contributed by atoms with Crippen molar-refractivity contribution >= 4 is 171 Å². The summed E-state index contributed by atoms with van der Waals surface area (Å²) in [5.74, 6) is -0.946. The lowest BCUT2D eigenvalue weighted by Crippen LogP contribution is -1.97. The van der Waals surface area contributed by atoms with E-state index in [4.69, 9.17) is 0 Å². The fraction of sp³-hybridized carbons (Fsp3) is 0.289. The quantitative estimate of drug-likeness (QED) is 0.0394. The minimum absolute atomic E-state index is 0.260. The van der Waals surface area contributed by atoms with Crippen LogP contribution in [0.25, 0.3) is 97.2 Å². The fourth-order valence-corrected chi connectivity index (χ4v) is 16.3. The zero-order valence-corrected chi connectivity index (χ0v) is 58.7. The second-order valence-electron chi connectivity index (χ2n) is 23.7. The third-order valence-corrected chi connectivity index (χ3v) is 22.3. The molecule has 91 heavy (non-hydrogen) atoms. The topological polar surface area (TPSA) is 37.3 Å². The van der Waals surface area contributed by atoms with Crippen LogP contribution in [0.3, 0.4) is 0 Å². The molecule has 0 aliphatic rings. The normalized spacial score (nSPS) is 12.4. The van der Waals surface area contributed by atoms with Gasteiger partial charge >= 0.3 is 5.97 Å². The molecule has 0 bridgehead atoms. The van der Waals surface area contributed by atoms with Gasteiger partial charge in [0, 0.05) is 58.5 Å². The smallest absolute Gasteiger partial charge is 0.335 e. The standard InChI is InChI=1S/C83H90O2S6/c1-5-9-13-17-21-71-41-45-75(86-71)33-25-62-53-63(26-34-76-46-42-72(87-76)22-18-14-10-6-2)56-66(55-62)29-37-79-49-51-81(90-79)39-31-68-59-69(61-70(60-68)83(84)85)32-40-82-52-50-80(91-82)38-30-67-57-64(27-35-77-47-43-73(88-77)23-19-15-11-7-3)54-65(58-67)28-36-78-48-44-74(89-78)24-20-16-12-8-4/h25-61H,5-24H2,1-4H3,(H,84,85)/b33-25+,34-26+,35-27+,36-28+,37-29+,38-30+,39-31+,40-32+. The Bertz CT molecular complexity index is 3550. The Morgan fingerprint density at radius 1 is 0.264 bits per heavy atom. The van der Waals surface area contributed by atoms with Crippen molar-refractivity contribution in [1.29, 1.82) is 0 Å². The Balaban J connectivity index is 0.866. The summed E-state index contributed by atoms with van der Waals surface area (Å²) < 4.78 is 0. The Morgan fingerprint density at radius 2 is 0.462 bits per heavy atom. The van der Waals surface area contributed by atoms with E-state index in [1.807, 2.05) is 57.5 Å². The molecule has 0 radical (unpaired) electrons. The van der Waals surface area contributed by atoms with E-state index in [-0.39, 0.29) is 5.56 Å². The maximum atomic E-state index is 12.5. The first-order valence-electron chi connectivity index (χ1n) is 33.3. The number of thiophene rings is 6. The summed E-state index contributed by atoms with van der Waals surface area (Å²) in [4.78, 5) is 28.0. The Kier molecular flexibility index (Phi) is 28.4. The third-order valence-electron chi connectivity index (χ3n) is 15.9. The zero-order valence-electron chi connectivity index (χ0n) is 53.8. The molecule has 2 nitrogen and oxygen atoms in total. The molecule has 9 aromatic rings. The van der Waals surface area contributed by atoms with Crippen molar-refractivity contribution in [2.45, 2.75) is 156 Å². The minimum atomic E-state index is -0.946. The minimum Gasteiger partial charge on any atom is -0.478 e. The van der Waals surface area contributed by atoms with E-state index in [0.29, 0.717) is 0 Å². The van der Waals surface area contributed by atoms with Crippen LogP contribution >= 0.6 is 68.0 Å². The summed E-state index contributed by atoms with van der Waals surface area (Å²) in [7, 11) is 0. The number of benzene rings is 3. The Hall–Kier alpha value is -6.75. The molecular weight excluding hydrogens is 1220 g/mol. The summed E-state index contributed by atoms with van der Waals surface area (Å²) in [6, 6.07) is 46.1. The molecule has 0 atom stereocenters. The number of aromatic carboxylic acids is 1. The first-order valence-corrected chi connectivity index (χ1v) is 38.2. The van der Waals surface area contributed by atoms with Crippen LogP contribution in [-0.4, -0.2) is 11.1 Å². The molecule has 1 N–H and O–H groups in total. The van der Waals surface area contributed by atoms with E-state index >= 15 is 0 Å². The molecule has 0 fully saturated rings. The molecule has 0 aliphatic carbocycles. The molecule has 0 saturated carbocycles. The van der Waals surface area contributed by atoms with Gasteiger partial charge in [-0.1, -0.05) is 153 Å². The summed E-state index contributed by atoms with van der Waals surface area (Å²) in [6.45, 7) is 9.08. The Labute approximate surface area is 568 Å². The number of rotatable bonds is 37. The molecule has 6 aromatic heterocycles.